The summed E-state index contributed by atoms with van der Waals surface area (Å²) < 4.78 is 13.1. The molecule has 2 atom stereocenters. The fourth-order valence-corrected chi connectivity index (χ4v) is 3.81. The van der Waals surface area contributed by atoms with Gasteiger partial charge >= 0.3 is 0 Å². The molecule has 0 aliphatic heterocycles. The number of hydrogen-bond donors (Lipinski definition) is 2. The predicted octanol–water partition coefficient (Wildman–Crippen LogP) is 3.34. The normalized spacial score (nSPS) is 31.1. The summed E-state index contributed by atoms with van der Waals surface area (Å²) in [5.74, 6) is 0.662. The Balaban J connectivity index is 0.00000161. The average Bonchev–Trinajstić information content (AvgIpc) is 2.38. The van der Waals surface area contributed by atoms with Crippen LogP contribution in [0.3, 0.4) is 0 Å². The highest BCUT2D eigenvalue weighted by molar-refractivity contribution is 5.92. The molecule has 0 saturated heterocycles. The third-order valence-electron chi connectivity index (χ3n) is 4.88. The Morgan fingerprint density at radius 3 is 2.52 bits per heavy atom. The third-order valence-corrected chi connectivity index (χ3v) is 4.88. The molecule has 0 aromatic heterocycles. The third kappa shape index (κ3) is 3.55. The van der Waals surface area contributed by atoms with Crippen LogP contribution in [0.5, 0.6) is 0 Å². The van der Waals surface area contributed by atoms with Gasteiger partial charge in [-0.15, -0.1) is 12.4 Å². The van der Waals surface area contributed by atoms with Crippen molar-refractivity contribution in [3.63, 3.8) is 0 Å². The fourth-order valence-electron chi connectivity index (χ4n) is 3.81. The number of rotatable bonds is 2. The number of nitrogens with one attached hydrogen (secondary N) is 1. The number of hydrogen-bond acceptors (Lipinski definition) is 2. The maximum Gasteiger partial charge on any atom is 0.227 e. The van der Waals surface area contributed by atoms with Crippen molar-refractivity contribution < 1.29 is 9.18 Å². The van der Waals surface area contributed by atoms with Gasteiger partial charge in [0.2, 0.25) is 5.91 Å². The van der Waals surface area contributed by atoms with Crippen LogP contribution >= 0.6 is 12.4 Å². The molecule has 2 fully saturated rings. The maximum absolute atomic E-state index is 13.1. The van der Waals surface area contributed by atoms with E-state index in [0.29, 0.717) is 17.5 Å². The van der Waals surface area contributed by atoms with E-state index in [-0.39, 0.29) is 36.1 Å². The van der Waals surface area contributed by atoms with Crippen LogP contribution in [0.4, 0.5) is 10.1 Å². The van der Waals surface area contributed by atoms with Gasteiger partial charge in [-0.2, -0.15) is 0 Å². The Kier molecular flexibility index (Phi) is 5.22. The summed E-state index contributed by atoms with van der Waals surface area (Å²) in [5.41, 5.74) is 6.77. The molecule has 116 valence electrons. The minimum absolute atomic E-state index is 0. The molecule has 2 saturated carbocycles. The second-order valence-corrected chi connectivity index (χ2v) is 6.20. The number of fused-ring (bicyclic) bond motifs is 2. The van der Waals surface area contributed by atoms with E-state index in [1.807, 2.05) is 0 Å². The van der Waals surface area contributed by atoms with Crippen LogP contribution in [0.25, 0.3) is 0 Å². The van der Waals surface area contributed by atoms with Crippen LogP contribution in [0.2, 0.25) is 0 Å². The van der Waals surface area contributed by atoms with Crippen molar-refractivity contribution in [2.45, 2.75) is 38.1 Å². The van der Waals surface area contributed by atoms with Gasteiger partial charge in [0, 0.05) is 17.6 Å². The molecular formula is C16H22ClFN2O. The van der Waals surface area contributed by atoms with Gasteiger partial charge in [-0.05, 0) is 55.7 Å². The van der Waals surface area contributed by atoms with Crippen molar-refractivity contribution in [1.29, 1.82) is 0 Å². The molecule has 2 unspecified atom stereocenters. The van der Waals surface area contributed by atoms with Gasteiger partial charge in [0.25, 0.3) is 0 Å². The molecule has 3 nitrogen and oxygen atoms in total. The first-order valence-electron chi connectivity index (χ1n) is 7.45. The highest BCUT2D eigenvalue weighted by Gasteiger charge is 2.40. The first-order chi connectivity index (χ1) is 9.63. The topological polar surface area (TPSA) is 55.1 Å². The molecule has 0 heterocycles. The SMILES string of the molecule is Cl.NC1C2CCCC1CC(C(=O)Nc1cccc(F)c1)C2. The summed E-state index contributed by atoms with van der Waals surface area (Å²) in [4.78, 5) is 12.3. The van der Waals surface area contributed by atoms with E-state index in [4.69, 9.17) is 5.73 Å². The Morgan fingerprint density at radius 1 is 1.24 bits per heavy atom. The molecule has 0 radical (unpaired) electrons. The van der Waals surface area contributed by atoms with Gasteiger partial charge in [0.15, 0.2) is 0 Å². The molecule has 2 aliphatic carbocycles. The first kappa shape index (κ1) is 16.2. The van der Waals surface area contributed by atoms with Crippen LogP contribution in [-0.4, -0.2) is 11.9 Å². The van der Waals surface area contributed by atoms with Crippen LogP contribution < -0.4 is 11.1 Å². The molecule has 3 N–H and O–H groups in total. The smallest absolute Gasteiger partial charge is 0.227 e. The molecule has 2 aliphatic rings. The molecule has 2 bridgehead atoms. The monoisotopic (exact) mass is 312 g/mol. The van der Waals surface area contributed by atoms with E-state index in [1.54, 1.807) is 12.1 Å². The number of carbonyl (C=O) groups excluding carboxylic acids is 1. The zero-order valence-corrected chi connectivity index (χ0v) is 12.7. The highest BCUT2D eigenvalue weighted by Crippen LogP contribution is 2.42. The fraction of sp³-hybridized carbons (Fsp3) is 0.562. The van der Waals surface area contributed by atoms with E-state index in [9.17, 15) is 9.18 Å². The van der Waals surface area contributed by atoms with Crippen molar-refractivity contribution in [3.05, 3.63) is 30.1 Å². The van der Waals surface area contributed by atoms with E-state index < -0.39 is 0 Å². The minimum atomic E-state index is -0.328. The Bertz CT molecular complexity index is 497. The Labute approximate surface area is 130 Å². The second-order valence-electron chi connectivity index (χ2n) is 6.20. The molecule has 1 amide bonds. The van der Waals surface area contributed by atoms with Crippen molar-refractivity contribution in [2.24, 2.45) is 23.5 Å². The predicted molar refractivity (Wildman–Crippen MR) is 83.8 cm³/mol. The molecule has 1 aromatic carbocycles. The van der Waals surface area contributed by atoms with Crippen LogP contribution in [0.15, 0.2) is 24.3 Å². The maximum atomic E-state index is 13.1. The van der Waals surface area contributed by atoms with Gasteiger partial charge < -0.3 is 11.1 Å². The van der Waals surface area contributed by atoms with E-state index in [1.165, 1.54) is 18.6 Å². The number of halogens is 2. The van der Waals surface area contributed by atoms with Crippen molar-refractivity contribution in [2.75, 3.05) is 5.32 Å². The van der Waals surface area contributed by atoms with Gasteiger partial charge in [0.1, 0.15) is 5.82 Å². The lowest BCUT2D eigenvalue weighted by molar-refractivity contribution is -0.122. The summed E-state index contributed by atoms with van der Waals surface area (Å²) in [7, 11) is 0. The molecular weight excluding hydrogens is 291 g/mol. The van der Waals surface area contributed by atoms with Gasteiger partial charge in [0.05, 0.1) is 0 Å². The summed E-state index contributed by atoms with van der Waals surface area (Å²) in [6, 6.07) is 6.32. The van der Waals surface area contributed by atoms with E-state index in [0.717, 1.165) is 25.7 Å². The lowest BCUT2D eigenvalue weighted by Crippen LogP contribution is -2.48. The summed E-state index contributed by atoms with van der Waals surface area (Å²) in [6.45, 7) is 0. The van der Waals surface area contributed by atoms with Crippen LogP contribution in [0, 0.1) is 23.6 Å². The average molecular weight is 313 g/mol. The van der Waals surface area contributed by atoms with Crippen molar-refractivity contribution in [3.8, 4) is 0 Å². The lowest BCUT2D eigenvalue weighted by atomic mass is 9.65. The Morgan fingerprint density at radius 2 is 1.90 bits per heavy atom. The number of carbonyl (C=O) groups is 1. The van der Waals surface area contributed by atoms with Crippen LogP contribution in [-0.2, 0) is 4.79 Å². The number of amides is 1. The zero-order valence-electron chi connectivity index (χ0n) is 11.9. The number of benzene rings is 1. The Hall–Kier alpha value is -1.13. The summed E-state index contributed by atoms with van der Waals surface area (Å²) in [6.07, 6.45) is 5.27. The van der Waals surface area contributed by atoms with E-state index in [2.05, 4.69) is 5.32 Å². The molecule has 5 heteroatoms. The van der Waals surface area contributed by atoms with Gasteiger partial charge in [-0.25, -0.2) is 4.39 Å². The lowest BCUT2D eigenvalue weighted by Gasteiger charge is -2.43. The number of nitrogens with two attached hydrogens (primary N) is 1. The van der Waals surface area contributed by atoms with Crippen molar-refractivity contribution >= 4 is 24.0 Å². The molecule has 0 spiro atoms. The zero-order chi connectivity index (χ0) is 14.1. The highest BCUT2D eigenvalue weighted by atomic mass is 35.5. The standard InChI is InChI=1S/C16H21FN2O.ClH/c17-13-5-2-6-14(9-13)19-16(20)12-7-10-3-1-4-11(8-12)15(10)18;/h2,5-6,9-12,15H,1,3-4,7-8,18H2,(H,19,20);1H. The molecule has 3 rings (SSSR count). The van der Waals surface area contributed by atoms with E-state index >= 15 is 0 Å². The van der Waals surface area contributed by atoms with Gasteiger partial charge in [-0.3, -0.25) is 4.79 Å². The number of anilines is 1. The van der Waals surface area contributed by atoms with Crippen LogP contribution in [0.1, 0.15) is 32.1 Å². The molecule has 21 heavy (non-hydrogen) atoms. The van der Waals surface area contributed by atoms with Gasteiger partial charge in [-0.1, -0.05) is 12.5 Å². The summed E-state index contributed by atoms with van der Waals surface area (Å²) >= 11 is 0. The minimum Gasteiger partial charge on any atom is -0.327 e. The molecule has 1 aromatic rings. The first-order valence-corrected chi connectivity index (χ1v) is 7.45. The quantitative estimate of drug-likeness (QED) is 0.880. The second kappa shape index (κ2) is 6.75. The van der Waals surface area contributed by atoms with Crippen molar-refractivity contribution in [1.82, 2.24) is 0 Å². The largest absolute Gasteiger partial charge is 0.327 e. The summed E-state index contributed by atoms with van der Waals surface area (Å²) in [5, 5.41) is 2.84.